The second-order valence-corrected chi connectivity index (χ2v) is 8.23. The Morgan fingerprint density at radius 3 is 2.72 bits per heavy atom. The van der Waals surface area contributed by atoms with Gasteiger partial charge in [0.15, 0.2) is 11.5 Å². The van der Waals surface area contributed by atoms with Crippen LogP contribution in [0.1, 0.15) is 30.6 Å². The first-order chi connectivity index (χ1) is 15.2. The minimum Gasteiger partial charge on any atom is -0.395 e. The smallest absolute Gasteiger partial charge is 0.395 e. The van der Waals surface area contributed by atoms with Gasteiger partial charge in [0.05, 0.1) is 5.69 Å². The van der Waals surface area contributed by atoms with E-state index in [-0.39, 0.29) is 17.2 Å². The van der Waals surface area contributed by atoms with E-state index in [0.717, 1.165) is 10.4 Å². The lowest BCUT2D eigenvalue weighted by Crippen LogP contribution is -2.25. The van der Waals surface area contributed by atoms with Crippen molar-refractivity contribution in [2.75, 3.05) is 17.2 Å². The van der Waals surface area contributed by atoms with Gasteiger partial charge >= 0.3 is 6.29 Å². The number of ether oxygens (including phenoxy) is 2. The number of anilines is 2. The summed E-state index contributed by atoms with van der Waals surface area (Å²) in [5, 5.41) is 5.91. The minimum atomic E-state index is -3.72. The van der Waals surface area contributed by atoms with Crippen LogP contribution in [0.3, 0.4) is 0 Å². The Hall–Kier alpha value is -3.73. The predicted molar refractivity (Wildman–Crippen MR) is 115 cm³/mol. The number of nitrogens with two attached hydrogens (primary N) is 1. The number of nitrogens with one attached hydrogen (secondary N) is 2. The van der Waals surface area contributed by atoms with Gasteiger partial charge in [-0.1, -0.05) is 0 Å². The lowest BCUT2D eigenvalue weighted by Gasteiger charge is -2.09. The fourth-order valence-electron chi connectivity index (χ4n) is 3.13. The van der Waals surface area contributed by atoms with Crippen LogP contribution >= 0.6 is 11.3 Å². The monoisotopic (exact) mass is 460 g/mol. The number of thiophene rings is 1. The second-order valence-electron chi connectivity index (χ2n) is 6.97. The quantitative estimate of drug-likeness (QED) is 0.494. The third-order valence-corrected chi connectivity index (χ3v) is 5.58. The predicted octanol–water partition coefficient (Wildman–Crippen LogP) is 3.78. The number of aromatic nitrogens is 1. The molecule has 0 unspecified atom stereocenters. The van der Waals surface area contributed by atoms with Gasteiger partial charge < -0.3 is 25.8 Å². The van der Waals surface area contributed by atoms with Crippen LogP contribution in [0.25, 0.3) is 0 Å². The van der Waals surface area contributed by atoms with E-state index < -0.39 is 18.1 Å². The topological polar surface area (TPSA) is 116 Å². The fraction of sp³-hybridized carbons (Fsp3) is 0.190. The molecule has 11 heteroatoms. The number of carbonyl (C=O) groups is 2. The highest BCUT2D eigenvalue weighted by molar-refractivity contribution is 7.14. The molecule has 2 amide bonds. The van der Waals surface area contributed by atoms with Crippen LogP contribution in [0.4, 0.5) is 20.2 Å². The van der Waals surface area contributed by atoms with E-state index in [1.165, 1.54) is 35.7 Å². The van der Waals surface area contributed by atoms with Crippen molar-refractivity contribution in [3.8, 4) is 11.5 Å². The van der Waals surface area contributed by atoms with Crippen molar-refractivity contribution in [2.45, 2.75) is 19.6 Å². The normalized spacial score (nSPS) is 13.6. The van der Waals surface area contributed by atoms with Crippen LogP contribution in [0.15, 0.2) is 42.6 Å². The molecular weight excluding hydrogens is 442 g/mol. The van der Waals surface area contributed by atoms with Crippen molar-refractivity contribution in [1.29, 1.82) is 0 Å². The molecule has 0 bridgehead atoms. The zero-order chi connectivity index (χ0) is 22.9. The maximum absolute atomic E-state index is 13.2. The molecule has 3 aromatic rings. The summed E-state index contributed by atoms with van der Waals surface area (Å²) in [4.78, 5) is 29.3. The van der Waals surface area contributed by atoms with Crippen LogP contribution in [0.2, 0.25) is 0 Å². The van der Waals surface area contributed by atoms with Gasteiger partial charge in [-0.15, -0.1) is 20.1 Å². The fourth-order valence-corrected chi connectivity index (χ4v) is 4.02. The highest BCUT2D eigenvalue weighted by Gasteiger charge is 2.43. The number of alkyl halides is 2. The molecule has 4 rings (SSSR count). The molecule has 0 aliphatic carbocycles. The van der Waals surface area contributed by atoms with Gasteiger partial charge in [-0.25, -0.2) is 0 Å². The van der Waals surface area contributed by atoms with Crippen LogP contribution in [0.5, 0.6) is 11.5 Å². The number of amides is 2. The minimum absolute atomic E-state index is 0.0991. The van der Waals surface area contributed by atoms with E-state index in [1.807, 2.05) is 13.0 Å². The number of benzene rings is 1. The lowest BCUT2D eigenvalue weighted by atomic mass is 10.1. The summed E-state index contributed by atoms with van der Waals surface area (Å²) in [6.45, 7) is 2.37. The van der Waals surface area contributed by atoms with Crippen molar-refractivity contribution >= 4 is 34.5 Å². The molecule has 4 N–H and O–H groups in total. The van der Waals surface area contributed by atoms with E-state index in [9.17, 15) is 18.4 Å². The van der Waals surface area contributed by atoms with Crippen LogP contribution < -0.4 is 25.8 Å². The Kier molecular flexibility index (Phi) is 5.66. The summed E-state index contributed by atoms with van der Waals surface area (Å²) in [5.74, 6) is -1.24. The molecule has 0 spiro atoms. The second kappa shape index (κ2) is 8.42. The van der Waals surface area contributed by atoms with E-state index in [0.29, 0.717) is 29.2 Å². The number of aryl methyl sites for hydroxylation is 1. The van der Waals surface area contributed by atoms with Gasteiger partial charge in [0.25, 0.3) is 11.8 Å². The van der Waals surface area contributed by atoms with Crippen molar-refractivity contribution in [2.24, 2.45) is 5.73 Å². The molecule has 3 heterocycles. The Morgan fingerprint density at radius 1 is 1.16 bits per heavy atom. The number of pyridine rings is 1. The molecule has 1 aromatic carbocycles. The number of halogens is 2. The zero-order valence-electron chi connectivity index (χ0n) is 16.8. The van der Waals surface area contributed by atoms with Gasteiger partial charge in [-0.2, -0.15) is 0 Å². The molecule has 1 aliphatic rings. The molecule has 0 saturated heterocycles. The third-order valence-electron chi connectivity index (χ3n) is 4.53. The maximum Gasteiger partial charge on any atom is 0.586 e. The number of rotatable bonds is 7. The Balaban J connectivity index is 1.42. The zero-order valence-corrected chi connectivity index (χ0v) is 17.6. The van der Waals surface area contributed by atoms with Gasteiger partial charge in [0.1, 0.15) is 10.6 Å². The average Bonchev–Trinajstić information content (AvgIpc) is 3.25. The van der Waals surface area contributed by atoms with Crippen LogP contribution in [0, 0.1) is 6.92 Å². The number of hydrogen-bond acceptors (Lipinski definition) is 7. The van der Waals surface area contributed by atoms with E-state index in [2.05, 4.69) is 25.1 Å². The molecule has 0 fully saturated rings. The van der Waals surface area contributed by atoms with Gasteiger partial charge in [-0.3, -0.25) is 14.6 Å². The molecule has 166 valence electrons. The Bertz CT molecular complexity index is 1200. The first kappa shape index (κ1) is 21.5. The first-order valence-electron chi connectivity index (χ1n) is 9.50. The van der Waals surface area contributed by atoms with Crippen molar-refractivity contribution in [3.63, 3.8) is 0 Å². The lowest BCUT2D eigenvalue weighted by molar-refractivity contribution is -0.286. The summed E-state index contributed by atoms with van der Waals surface area (Å²) in [5.41, 5.74) is 7.25. The molecular formula is C21H18F2N4O4S. The van der Waals surface area contributed by atoms with Gasteiger partial charge in [-0.05, 0) is 49.2 Å². The van der Waals surface area contributed by atoms with Crippen LogP contribution in [-0.4, -0.2) is 29.6 Å². The molecule has 0 radical (unpaired) electrons. The van der Waals surface area contributed by atoms with Crippen molar-refractivity contribution in [1.82, 2.24) is 4.98 Å². The summed E-state index contributed by atoms with van der Waals surface area (Å²) < 4.78 is 35.2. The van der Waals surface area contributed by atoms with Crippen LogP contribution in [-0.2, 0) is 6.42 Å². The summed E-state index contributed by atoms with van der Waals surface area (Å²) in [6, 6.07) is 9.29. The molecule has 32 heavy (non-hydrogen) atoms. The van der Waals surface area contributed by atoms with Crippen molar-refractivity contribution in [3.05, 3.63) is 63.6 Å². The molecule has 0 saturated carbocycles. The standard InChI is InChI=1S/C21H18F2N4O4S/c1-11-8-14(25-6-4-12-5-7-26-15(9-12)19(24)28)18(32-11)20(29)27-13-2-3-16-17(10-13)31-21(22,23)30-16/h2-3,5,7-10,25H,4,6H2,1H3,(H2,24,28)(H,27,29). The highest BCUT2D eigenvalue weighted by atomic mass is 32.1. The average molecular weight is 460 g/mol. The van der Waals surface area contributed by atoms with Gasteiger partial charge in [0, 0.05) is 29.4 Å². The Labute approximate surface area is 185 Å². The highest BCUT2D eigenvalue weighted by Crippen LogP contribution is 2.42. The molecule has 2 aromatic heterocycles. The van der Waals surface area contributed by atoms with E-state index in [1.54, 1.807) is 12.1 Å². The third kappa shape index (κ3) is 4.78. The summed E-state index contributed by atoms with van der Waals surface area (Å²) in [7, 11) is 0. The number of primary amides is 1. The molecule has 8 nitrogen and oxygen atoms in total. The van der Waals surface area contributed by atoms with E-state index in [4.69, 9.17) is 5.73 Å². The number of hydrogen-bond donors (Lipinski definition) is 3. The largest absolute Gasteiger partial charge is 0.586 e. The number of nitrogens with zero attached hydrogens (tertiary/aromatic N) is 1. The van der Waals surface area contributed by atoms with Crippen molar-refractivity contribution < 1.29 is 27.8 Å². The maximum atomic E-state index is 13.2. The molecule has 1 aliphatic heterocycles. The first-order valence-corrected chi connectivity index (χ1v) is 10.3. The van der Waals surface area contributed by atoms with E-state index >= 15 is 0 Å². The molecule has 0 atom stereocenters. The SMILES string of the molecule is Cc1cc(NCCc2ccnc(C(N)=O)c2)c(C(=O)Nc2ccc3c(c2)OC(F)(F)O3)s1. The Morgan fingerprint density at radius 2 is 1.94 bits per heavy atom. The number of fused-ring (bicyclic) bond motifs is 1. The summed E-state index contributed by atoms with van der Waals surface area (Å²) in [6.07, 6.45) is -1.63. The number of carbonyl (C=O) groups excluding carboxylic acids is 2. The summed E-state index contributed by atoms with van der Waals surface area (Å²) >= 11 is 1.30. The van der Waals surface area contributed by atoms with Gasteiger partial charge in [0.2, 0.25) is 0 Å².